The van der Waals surface area contributed by atoms with E-state index >= 15 is 0 Å². The fraction of sp³-hybridized carbons (Fsp3) is 0.630. The molecular weight excluding hydrogens is 420 g/mol. The predicted octanol–water partition coefficient (Wildman–Crippen LogP) is 8.09. The van der Waals surface area contributed by atoms with Gasteiger partial charge in [-0.15, -0.1) is 11.6 Å². The minimum Gasteiger partial charge on any atom is -0.494 e. The van der Waals surface area contributed by atoms with Crippen LogP contribution in [0.5, 0.6) is 11.5 Å². The Morgan fingerprint density at radius 3 is 2.12 bits per heavy atom. The van der Waals surface area contributed by atoms with Crippen molar-refractivity contribution in [2.24, 2.45) is 5.92 Å². The lowest BCUT2D eigenvalue weighted by Gasteiger charge is -2.14. The van der Waals surface area contributed by atoms with E-state index in [4.69, 9.17) is 21.1 Å². The minimum atomic E-state index is 0.293. The van der Waals surface area contributed by atoms with Crippen molar-refractivity contribution in [2.45, 2.75) is 90.4 Å². The average molecular weight is 461 g/mol. The van der Waals surface area contributed by atoms with Crippen LogP contribution in [0.1, 0.15) is 85.0 Å². The third-order valence-electron chi connectivity index (χ3n) is 5.72. The van der Waals surface area contributed by atoms with Crippen LogP contribution in [0.4, 0.5) is 0 Å². The van der Waals surface area contributed by atoms with Crippen LogP contribution in [0.2, 0.25) is 0 Å². The summed E-state index contributed by atoms with van der Waals surface area (Å²) in [6, 6.07) is 7.97. The number of nitrogens with zero attached hydrogens (tertiary/aromatic N) is 2. The van der Waals surface area contributed by atoms with Gasteiger partial charge >= 0.3 is 0 Å². The smallest absolute Gasteiger partial charge is 0.159 e. The molecule has 0 aliphatic carbocycles. The largest absolute Gasteiger partial charge is 0.494 e. The topological polar surface area (TPSA) is 44.2 Å². The molecule has 5 heteroatoms. The summed E-state index contributed by atoms with van der Waals surface area (Å²) in [5.41, 5.74) is 0.973. The van der Waals surface area contributed by atoms with E-state index in [0.29, 0.717) is 17.1 Å². The van der Waals surface area contributed by atoms with Crippen LogP contribution in [0.15, 0.2) is 36.7 Å². The second kappa shape index (κ2) is 15.9. The molecule has 178 valence electrons. The maximum absolute atomic E-state index is 6.24. The molecule has 0 spiro atoms. The van der Waals surface area contributed by atoms with E-state index in [2.05, 4.69) is 30.7 Å². The summed E-state index contributed by atoms with van der Waals surface area (Å²) >= 11 is 6.24. The molecule has 0 saturated heterocycles. The first-order valence-electron chi connectivity index (χ1n) is 12.4. The van der Waals surface area contributed by atoms with Crippen molar-refractivity contribution in [2.75, 3.05) is 13.2 Å². The number of aromatic nitrogens is 2. The van der Waals surface area contributed by atoms with Gasteiger partial charge in [-0.05, 0) is 62.3 Å². The van der Waals surface area contributed by atoms with E-state index in [1.165, 1.54) is 32.1 Å². The Labute approximate surface area is 200 Å². The van der Waals surface area contributed by atoms with Crippen molar-refractivity contribution < 1.29 is 9.47 Å². The summed E-state index contributed by atoms with van der Waals surface area (Å²) in [7, 11) is 0. The van der Waals surface area contributed by atoms with E-state index in [0.717, 1.165) is 62.4 Å². The lowest BCUT2D eigenvalue weighted by molar-refractivity contribution is 0.292. The molecular formula is C27H41ClN2O2. The van der Waals surface area contributed by atoms with Crippen LogP contribution in [0, 0.1) is 5.92 Å². The van der Waals surface area contributed by atoms with Crippen LogP contribution in [-0.2, 0) is 0 Å². The molecule has 0 saturated carbocycles. The first-order chi connectivity index (χ1) is 15.6. The van der Waals surface area contributed by atoms with Crippen molar-refractivity contribution in [3.05, 3.63) is 36.7 Å². The molecule has 0 aliphatic rings. The summed E-state index contributed by atoms with van der Waals surface area (Å²) in [5.74, 6) is 2.95. The monoisotopic (exact) mass is 460 g/mol. The lowest BCUT2D eigenvalue weighted by atomic mass is 9.99. The fourth-order valence-electron chi connectivity index (χ4n) is 3.66. The van der Waals surface area contributed by atoms with Crippen LogP contribution < -0.4 is 9.47 Å². The Hall–Kier alpha value is -1.81. The zero-order valence-electron chi connectivity index (χ0n) is 20.2. The third kappa shape index (κ3) is 10.7. The zero-order valence-corrected chi connectivity index (χ0v) is 20.9. The number of benzene rings is 1. The summed E-state index contributed by atoms with van der Waals surface area (Å²) in [6.45, 7) is 8.10. The van der Waals surface area contributed by atoms with E-state index in [9.17, 15) is 0 Å². The quantitative estimate of drug-likeness (QED) is 0.177. The van der Waals surface area contributed by atoms with Crippen molar-refractivity contribution in [1.82, 2.24) is 9.97 Å². The minimum absolute atomic E-state index is 0.293. The highest BCUT2D eigenvalue weighted by Gasteiger charge is 2.09. The molecule has 0 bridgehead atoms. The van der Waals surface area contributed by atoms with Gasteiger partial charge in [-0.25, -0.2) is 9.97 Å². The Bertz CT molecular complexity index is 721. The van der Waals surface area contributed by atoms with Gasteiger partial charge < -0.3 is 9.47 Å². The molecule has 0 radical (unpaired) electrons. The van der Waals surface area contributed by atoms with Gasteiger partial charge in [0.1, 0.15) is 5.75 Å². The molecule has 1 aromatic carbocycles. The van der Waals surface area contributed by atoms with E-state index in [1.54, 1.807) is 12.4 Å². The zero-order chi connectivity index (χ0) is 23.0. The van der Waals surface area contributed by atoms with Crippen molar-refractivity contribution >= 4 is 11.6 Å². The number of alkyl halides is 1. The van der Waals surface area contributed by atoms with Crippen LogP contribution in [0.3, 0.4) is 0 Å². The van der Waals surface area contributed by atoms with Crippen molar-refractivity contribution in [3.8, 4) is 22.9 Å². The molecule has 1 aromatic heterocycles. The molecule has 32 heavy (non-hydrogen) atoms. The average Bonchev–Trinajstić information content (AvgIpc) is 2.82. The number of halogens is 1. The number of unbranched alkanes of at least 4 members (excludes halogenated alkanes) is 5. The van der Waals surface area contributed by atoms with Crippen LogP contribution in [-0.4, -0.2) is 28.6 Å². The Morgan fingerprint density at radius 2 is 1.44 bits per heavy atom. The van der Waals surface area contributed by atoms with Gasteiger partial charge in [-0.3, -0.25) is 0 Å². The molecule has 0 N–H and O–H groups in total. The molecule has 0 amide bonds. The first-order valence-corrected chi connectivity index (χ1v) is 12.9. The fourth-order valence-corrected chi connectivity index (χ4v) is 3.96. The summed E-state index contributed by atoms with van der Waals surface area (Å²) in [6.07, 6.45) is 15.3. The Morgan fingerprint density at radius 1 is 0.812 bits per heavy atom. The van der Waals surface area contributed by atoms with Gasteiger partial charge in [0.25, 0.3) is 0 Å². The highest BCUT2D eigenvalue weighted by Crippen LogP contribution is 2.22. The standard InChI is InChI=1S/C27H41ClN2O2/c1-4-6-7-8-9-10-17-32-26-20-29-27(30-21-26)23-13-15-25(16-14-23)31-18-11-12-22(3)19-24(28)5-2/h13-16,20-22,24H,4-12,17-19H2,1-3H3/t22-,24?/m1/s1. The van der Waals surface area contributed by atoms with E-state index in [1.807, 2.05) is 24.3 Å². The number of ether oxygens (including phenoxy) is 2. The Balaban J connectivity index is 1.67. The second-order valence-electron chi connectivity index (χ2n) is 8.72. The highest BCUT2D eigenvalue weighted by atomic mass is 35.5. The Kier molecular flexibility index (Phi) is 13.1. The van der Waals surface area contributed by atoms with Gasteiger partial charge in [-0.2, -0.15) is 0 Å². The molecule has 1 heterocycles. The van der Waals surface area contributed by atoms with Crippen LogP contribution in [0.25, 0.3) is 11.4 Å². The molecule has 4 nitrogen and oxygen atoms in total. The van der Waals surface area contributed by atoms with Gasteiger partial charge in [0.15, 0.2) is 11.6 Å². The molecule has 0 aliphatic heterocycles. The van der Waals surface area contributed by atoms with Crippen LogP contribution >= 0.6 is 11.6 Å². The van der Waals surface area contributed by atoms with Gasteiger partial charge in [0.05, 0.1) is 25.6 Å². The van der Waals surface area contributed by atoms with E-state index in [-0.39, 0.29) is 0 Å². The summed E-state index contributed by atoms with van der Waals surface area (Å²) < 4.78 is 11.7. The van der Waals surface area contributed by atoms with Gasteiger partial charge in [0.2, 0.25) is 0 Å². The normalized spacial score (nSPS) is 13.0. The van der Waals surface area contributed by atoms with Gasteiger partial charge in [0, 0.05) is 10.9 Å². The van der Waals surface area contributed by atoms with Gasteiger partial charge in [-0.1, -0.05) is 52.9 Å². The van der Waals surface area contributed by atoms with E-state index < -0.39 is 0 Å². The second-order valence-corrected chi connectivity index (χ2v) is 9.34. The highest BCUT2D eigenvalue weighted by molar-refractivity contribution is 6.20. The lowest BCUT2D eigenvalue weighted by Crippen LogP contribution is -2.07. The maximum atomic E-state index is 6.24. The SMILES string of the molecule is CCCCCCCCOc1cnc(-c2ccc(OCCC[C@@H](C)CC(Cl)CC)cc2)nc1. The number of hydrogen-bond donors (Lipinski definition) is 0. The van der Waals surface area contributed by atoms with Crippen molar-refractivity contribution in [1.29, 1.82) is 0 Å². The number of rotatable bonds is 17. The number of hydrogen-bond acceptors (Lipinski definition) is 4. The molecule has 2 rings (SSSR count). The first kappa shape index (κ1) is 26.4. The molecule has 2 aromatic rings. The molecule has 0 fully saturated rings. The summed E-state index contributed by atoms with van der Waals surface area (Å²) in [4.78, 5) is 8.91. The van der Waals surface area contributed by atoms with Crippen molar-refractivity contribution in [3.63, 3.8) is 0 Å². The molecule has 2 atom stereocenters. The summed E-state index contributed by atoms with van der Waals surface area (Å²) in [5, 5.41) is 0.293. The maximum Gasteiger partial charge on any atom is 0.159 e. The predicted molar refractivity (Wildman–Crippen MR) is 135 cm³/mol. The third-order valence-corrected chi connectivity index (χ3v) is 6.21. The molecule has 1 unspecified atom stereocenters.